The van der Waals surface area contributed by atoms with Crippen LogP contribution in [0.15, 0.2) is 0 Å². The summed E-state index contributed by atoms with van der Waals surface area (Å²) in [6.07, 6.45) is 2.11. The predicted octanol–water partition coefficient (Wildman–Crippen LogP) is 2.91. The Morgan fingerprint density at radius 3 is 2.37 bits per heavy atom. The molecule has 0 spiro atoms. The van der Waals surface area contributed by atoms with Crippen molar-refractivity contribution in [1.82, 2.24) is 0 Å². The number of benzene rings is 1. The van der Waals surface area contributed by atoms with Crippen molar-refractivity contribution in [2.75, 3.05) is 0 Å². The van der Waals surface area contributed by atoms with E-state index >= 15 is 0 Å². The van der Waals surface area contributed by atoms with E-state index in [1.807, 2.05) is 13.8 Å². The van der Waals surface area contributed by atoms with Gasteiger partial charge in [0, 0.05) is 36.0 Å². The van der Waals surface area contributed by atoms with Crippen LogP contribution < -0.4 is 9.47 Å². The summed E-state index contributed by atoms with van der Waals surface area (Å²) in [6, 6.07) is 0. The van der Waals surface area contributed by atoms with Gasteiger partial charge in [0.25, 0.3) is 0 Å². The van der Waals surface area contributed by atoms with Crippen LogP contribution in [-0.2, 0) is 19.3 Å². The van der Waals surface area contributed by atoms with Crippen LogP contribution in [0.4, 0.5) is 0 Å². The van der Waals surface area contributed by atoms with Crippen molar-refractivity contribution in [3.63, 3.8) is 0 Å². The van der Waals surface area contributed by atoms with Gasteiger partial charge in [0.1, 0.15) is 23.7 Å². The van der Waals surface area contributed by atoms with Crippen LogP contribution in [0.5, 0.6) is 11.5 Å². The maximum absolute atomic E-state index is 9.74. The van der Waals surface area contributed by atoms with Crippen LogP contribution in [0.25, 0.3) is 0 Å². The molecule has 4 heteroatoms. The Hall–Kier alpha value is -0.930. The van der Waals surface area contributed by atoms with Gasteiger partial charge in [-0.15, -0.1) is 0 Å². The Balaban J connectivity index is 2.17. The Morgan fingerprint density at radius 2 is 1.74 bits per heavy atom. The van der Waals surface area contributed by atoms with Crippen LogP contribution in [0, 0.1) is 0 Å². The Bertz CT molecular complexity index is 486. The SMILES string of the molecule is CC(O)Cc1c2c(c(Cl)c3c1OC(C)C3)OC(C)C2. The molecule has 104 valence electrons. The first kappa shape index (κ1) is 13.1. The lowest BCUT2D eigenvalue weighted by Gasteiger charge is -2.16. The molecule has 3 atom stereocenters. The van der Waals surface area contributed by atoms with E-state index in [2.05, 4.69) is 0 Å². The Kier molecular flexibility index (Phi) is 3.14. The van der Waals surface area contributed by atoms with E-state index < -0.39 is 6.10 Å². The molecule has 19 heavy (non-hydrogen) atoms. The average molecular weight is 283 g/mol. The molecular weight excluding hydrogens is 264 g/mol. The number of halogens is 1. The van der Waals surface area contributed by atoms with Gasteiger partial charge >= 0.3 is 0 Å². The van der Waals surface area contributed by atoms with Crippen LogP contribution in [0.1, 0.15) is 37.5 Å². The molecule has 0 aromatic heterocycles. The minimum atomic E-state index is -0.398. The van der Waals surface area contributed by atoms with Crippen LogP contribution >= 0.6 is 11.6 Å². The molecule has 0 saturated carbocycles. The van der Waals surface area contributed by atoms with Crippen LogP contribution in [-0.4, -0.2) is 23.4 Å². The highest BCUT2D eigenvalue weighted by Crippen LogP contribution is 2.49. The van der Waals surface area contributed by atoms with Gasteiger partial charge in [0.2, 0.25) is 0 Å². The smallest absolute Gasteiger partial charge is 0.142 e. The summed E-state index contributed by atoms with van der Waals surface area (Å²) in [7, 11) is 0. The summed E-state index contributed by atoms with van der Waals surface area (Å²) in [5, 5.41) is 10.4. The molecule has 3 nitrogen and oxygen atoms in total. The first-order chi connectivity index (χ1) is 8.97. The lowest BCUT2D eigenvalue weighted by Crippen LogP contribution is -2.11. The van der Waals surface area contributed by atoms with Crippen molar-refractivity contribution >= 4 is 11.6 Å². The molecule has 0 fully saturated rings. The molecule has 0 saturated heterocycles. The minimum absolute atomic E-state index is 0.139. The zero-order chi connectivity index (χ0) is 13.7. The fourth-order valence-corrected chi connectivity index (χ4v) is 3.38. The third-order valence-electron chi connectivity index (χ3n) is 3.77. The second kappa shape index (κ2) is 4.57. The van der Waals surface area contributed by atoms with E-state index in [9.17, 15) is 5.11 Å². The van der Waals surface area contributed by atoms with Crippen molar-refractivity contribution in [1.29, 1.82) is 0 Å². The molecule has 3 rings (SSSR count). The first-order valence-corrected chi connectivity index (χ1v) is 7.22. The maximum atomic E-state index is 9.74. The van der Waals surface area contributed by atoms with E-state index in [-0.39, 0.29) is 12.2 Å². The molecule has 1 aromatic rings. The van der Waals surface area contributed by atoms with E-state index in [1.54, 1.807) is 6.92 Å². The predicted molar refractivity (Wildman–Crippen MR) is 74.4 cm³/mol. The highest BCUT2D eigenvalue weighted by molar-refractivity contribution is 6.33. The molecule has 0 aliphatic carbocycles. The molecule has 0 radical (unpaired) electrons. The number of aliphatic hydroxyl groups is 1. The standard InChI is InChI=1S/C15H19ClO3/c1-7(17)4-10-11-5-8(2)19-15(11)13(16)12-6-9(3)18-14(10)12/h7-9,17H,4-6H2,1-3H3. The summed E-state index contributed by atoms with van der Waals surface area (Å²) in [5.74, 6) is 1.69. The highest BCUT2D eigenvalue weighted by atomic mass is 35.5. The monoisotopic (exact) mass is 282 g/mol. The fourth-order valence-electron chi connectivity index (χ4n) is 3.06. The number of hydrogen-bond donors (Lipinski definition) is 1. The minimum Gasteiger partial charge on any atom is -0.490 e. The molecule has 1 aromatic carbocycles. The van der Waals surface area contributed by atoms with Crippen LogP contribution in [0.3, 0.4) is 0 Å². The largest absolute Gasteiger partial charge is 0.490 e. The van der Waals surface area contributed by atoms with Gasteiger partial charge in [-0.2, -0.15) is 0 Å². The lowest BCUT2D eigenvalue weighted by molar-refractivity contribution is 0.191. The van der Waals surface area contributed by atoms with Crippen molar-refractivity contribution in [3.8, 4) is 11.5 Å². The highest BCUT2D eigenvalue weighted by Gasteiger charge is 2.35. The van der Waals surface area contributed by atoms with Gasteiger partial charge in [-0.05, 0) is 20.8 Å². The normalized spacial score (nSPS) is 25.5. The summed E-state index contributed by atoms with van der Waals surface area (Å²) in [4.78, 5) is 0. The van der Waals surface area contributed by atoms with Gasteiger partial charge < -0.3 is 14.6 Å². The molecular formula is C15H19ClO3. The third-order valence-corrected chi connectivity index (χ3v) is 4.17. The van der Waals surface area contributed by atoms with E-state index in [0.29, 0.717) is 11.4 Å². The summed E-state index contributed by atoms with van der Waals surface area (Å²) >= 11 is 6.47. The summed E-state index contributed by atoms with van der Waals surface area (Å²) in [6.45, 7) is 5.87. The van der Waals surface area contributed by atoms with E-state index in [0.717, 1.165) is 41.0 Å². The van der Waals surface area contributed by atoms with E-state index in [4.69, 9.17) is 21.1 Å². The number of hydrogen-bond acceptors (Lipinski definition) is 3. The summed E-state index contributed by atoms with van der Waals surface area (Å²) in [5.41, 5.74) is 3.24. The molecule has 2 aliphatic heterocycles. The first-order valence-electron chi connectivity index (χ1n) is 6.84. The molecule has 2 aliphatic rings. The quantitative estimate of drug-likeness (QED) is 0.906. The van der Waals surface area contributed by atoms with Crippen molar-refractivity contribution in [2.24, 2.45) is 0 Å². The van der Waals surface area contributed by atoms with Gasteiger partial charge in [-0.3, -0.25) is 0 Å². The molecule has 0 amide bonds. The van der Waals surface area contributed by atoms with Crippen molar-refractivity contribution in [2.45, 2.75) is 58.3 Å². The number of ether oxygens (including phenoxy) is 2. The van der Waals surface area contributed by atoms with Crippen molar-refractivity contribution < 1.29 is 14.6 Å². The second-order valence-corrected chi connectivity index (χ2v) is 6.10. The van der Waals surface area contributed by atoms with Crippen molar-refractivity contribution in [3.05, 3.63) is 21.7 Å². The number of rotatable bonds is 2. The van der Waals surface area contributed by atoms with Crippen LogP contribution in [0.2, 0.25) is 5.02 Å². The zero-order valence-corrected chi connectivity index (χ0v) is 12.3. The number of fused-ring (bicyclic) bond motifs is 2. The van der Waals surface area contributed by atoms with E-state index in [1.165, 1.54) is 0 Å². The zero-order valence-electron chi connectivity index (χ0n) is 11.5. The molecule has 3 unspecified atom stereocenters. The van der Waals surface area contributed by atoms with Gasteiger partial charge in [0.15, 0.2) is 0 Å². The molecule has 2 heterocycles. The van der Waals surface area contributed by atoms with Gasteiger partial charge in [-0.25, -0.2) is 0 Å². The van der Waals surface area contributed by atoms with Gasteiger partial charge in [0.05, 0.1) is 11.1 Å². The lowest BCUT2D eigenvalue weighted by atomic mass is 9.94. The molecule has 1 N–H and O–H groups in total. The third kappa shape index (κ3) is 2.09. The topological polar surface area (TPSA) is 38.7 Å². The maximum Gasteiger partial charge on any atom is 0.142 e. The molecule has 0 bridgehead atoms. The Morgan fingerprint density at radius 1 is 1.16 bits per heavy atom. The average Bonchev–Trinajstić information content (AvgIpc) is 2.87. The van der Waals surface area contributed by atoms with Gasteiger partial charge in [-0.1, -0.05) is 11.6 Å². The second-order valence-electron chi connectivity index (χ2n) is 5.73. The Labute approximate surface area is 118 Å². The number of aliphatic hydroxyl groups excluding tert-OH is 1. The summed E-state index contributed by atoms with van der Waals surface area (Å²) < 4.78 is 11.8. The fraction of sp³-hybridized carbons (Fsp3) is 0.600.